The predicted octanol–water partition coefficient (Wildman–Crippen LogP) is -0.313. The molecule has 0 amide bonds. The van der Waals surface area contributed by atoms with Crippen molar-refractivity contribution in [3.63, 3.8) is 0 Å². The van der Waals surface area contributed by atoms with Crippen LogP contribution < -0.4 is 5.32 Å². The number of nitrogens with one attached hydrogen (secondary N) is 1. The lowest BCUT2D eigenvalue weighted by atomic mass is 9.95. The second kappa shape index (κ2) is 3.91. The van der Waals surface area contributed by atoms with E-state index in [4.69, 9.17) is 10.2 Å². The molecule has 3 N–H and O–H groups in total. The Morgan fingerprint density at radius 1 is 1.30 bits per heavy atom. The lowest BCUT2D eigenvalue weighted by molar-refractivity contribution is -0.0582. The van der Waals surface area contributed by atoms with Crippen molar-refractivity contribution in [2.75, 3.05) is 13.1 Å². The molecule has 0 atom stereocenters. The summed E-state index contributed by atoms with van der Waals surface area (Å²) >= 11 is 0. The van der Waals surface area contributed by atoms with Crippen LogP contribution in [0.4, 0.5) is 0 Å². The average Bonchev–Trinajstić information content (AvgIpc) is 1.88. The second-order valence-corrected chi connectivity index (χ2v) is 2.91. The molecule has 1 saturated heterocycles. The van der Waals surface area contributed by atoms with Gasteiger partial charge in [-0.15, -0.1) is 0 Å². The summed E-state index contributed by atoms with van der Waals surface area (Å²) in [7, 11) is 0. The molecule has 1 aliphatic heterocycles. The molecule has 0 saturated carbocycles. The van der Waals surface area contributed by atoms with Gasteiger partial charge in [0.05, 0.1) is 0 Å². The zero-order chi connectivity index (χ0) is 7.40. The molecular weight excluding hydrogens is 130 g/mol. The highest BCUT2D eigenvalue weighted by Gasteiger charge is 2.14. The van der Waals surface area contributed by atoms with Crippen LogP contribution in [0.1, 0.15) is 19.3 Å². The van der Waals surface area contributed by atoms with Gasteiger partial charge in [-0.3, -0.25) is 0 Å². The van der Waals surface area contributed by atoms with Crippen molar-refractivity contribution in [1.29, 1.82) is 0 Å². The van der Waals surface area contributed by atoms with E-state index >= 15 is 0 Å². The molecule has 1 heterocycles. The maximum Gasteiger partial charge on any atom is 0.151 e. The van der Waals surface area contributed by atoms with Gasteiger partial charge in [0.2, 0.25) is 0 Å². The van der Waals surface area contributed by atoms with E-state index in [-0.39, 0.29) is 0 Å². The zero-order valence-electron chi connectivity index (χ0n) is 6.08. The Labute approximate surface area is 61.1 Å². The molecule has 3 heteroatoms. The highest BCUT2D eigenvalue weighted by Crippen LogP contribution is 2.16. The summed E-state index contributed by atoms with van der Waals surface area (Å²) in [4.78, 5) is 0. The Hall–Kier alpha value is -0.120. The Kier molecular flexibility index (Phi) is 3.12. The van der Waals surface area contributed by atoms with Crippen LogP contribution in [0, 0.1) is 5.92 Å². The van der Waals surface area contributed by atoms with E-state index in [0.717, 1.165) is 25.9 Å². The molecule has 0 aliphatic carbocycles. The lowest BCUT2D eigenvalue weighted by Gasteiger charge is -2.22. The predicted molar refractivity (Wildman–Crippen MR) is 38.4 cm³/mol. The quantitative estimate of drug-likeness (QED) is 0.467. The maximum atomic E-state index is 8.64. The summed E-state index contributed by atoms with van der Waals surface area (Å²) in [5.41, 5.74) is 0. The molecule has 3 nitrogen and oxygen atoms in total. The van der Waals surface area contributed by atoms with Crippen molar-refractivity contribution in [3.8, 4) is 0 Å². The highest BCUT2D eigenvalue weighted by atomic mass is 16.5. The fourth-order valence-corrected chi connectivity index (χ4v) is 1.42. The van der Waals surface area contributed by atoms with Crippen molar-refractivity contribution in [3.05, 3.63) is 0 Å². The Balaban J connectivity index is 2.13. The van der Waals surface area contributed by atoms with E-state index in [1.165, 1.54) is 0 Å². The van der Waals surface area contributed by atoms with Gasteiger partial charge in [-0.25, -0.2) is 0 Å². The van der Waals surface area contributed by atoms with Gasteiger partial charge in [-0.05, 0) is 31.8 Å². The summed E-state index contributed by atoms with van der Waals surface area (Å²) in [5, 5.41) is 20.5. The van der Waals surface area contributed by atoms with Crippen LogP contribution in [0.3, 0.4) is 0 Å². The monoisotopic (exact) mass is 145 g/mol. The number of hydrogen-bond acceptors (Lipinski definition) is 3. The minimum Gasteiger partial charge on any atom is -0.368 e. The van der Waals surface area contributed by atoms with Crippen LogP contribution in [0.25, 0.3) is 0 Å². The van der Waals surface area contributed by atoms with Gasteiger partial charge in [-0.2, -0.15) is 0 Å². The van der Waals surface area contributed by atoms with Crippen molar-refractivity contribution in [1.82, 2.24) is 5.32 Å². The van der Waals surface area contributed by atoms with Crippen molar-refractivity contribution >= 4 is 0 Å². The molecule has 60 valence electrons. The first kappa shape index (κ1) is 7.98. The van der Waals surface area contributed by atoms with Crippen LogP contribution in [-0.2, 0) is 0 Å². The molecule has 0 spiro atoms. The Morgan fingerprint density at radius 3 is 2.40 bits per heavy atom. The average molecular weight is 145 g/mol. The summed E-state index contributed by atoms with van der Waals surface area (Å²) in [6.07, 6.45) is 1.60. The highest BCUT2D eigenvalue weighted by molar-refractivity contribution is 4.68. The molecule has 0 aromatic carbocycles. The topological polar surface area (TPSA) is 52.5 Å². The molecular formula is C7H15NO2. The summed E-state index contributed by atoms with van der Waals surface area (Å²) in [6, 6.07) is 0. The largest absolute Gasteiger partial charge is 0.368 e. The third-order valence-electron chi connectivity index (χ3n) is 2.00. The number of hydrogen-bond donors (Lipinski definition) is 3. The molecule has 1 rings (SSSR count). The number of aliphatic hydroxyl groups excluding tert-OH is 1. The molecule has 0 unspecified atom stereocenters. The standard InChI is InChI=1S/C7H15NO2/c9-7(10)5-6-1-3-8-4-2-6/h6-10H,1-5H2. The number of rotatable bonds is 2. The number of aliphatic hydroxyl groups is 2. The van der Waals surface area contributed by atoms with Gasteiger partial charge in [0.25, 0.3) is 0 Å². The van der Waals surface area contributed by atoms with Crippen molar-refractivity contribution < 1.29 is 10.2 Å². The zero-order valence-corrected chi connectivity index (χ0v) is 6.08. The maximum absolute atomic E-state index is 8.64. The molecule has 0 aromatic heterocycles. The minimum absolute atomic E-state index is 0.515. The normalized spacial score (nSPS) is 21.9. The Morgan fingerprint density at radius 2 is 1.90 bits per heavy atom. The SMILES string of the molecule is OC(O)CC1CCNCC1. The minimum atomic E-state index is -1.11. The van der Waals surface area contributed by atoms with Crippen LogP contribution >= 0.6 is 0 Å². The van der Waals surface area contributed by atoms with Gasteiger partial charge >= 0.3 is 0 Å². The fraction of sp³-hybridized carbons (Fsp3) is 1.00. The molecule has 0 aromatic rings. The van der Waals surface area contributed by atoms with Crippen LogP contribution in [0.5, 0.6) is 0 Å². The molecule has 0 bridgehead atoms. The third-order valence-corrected chi connectivity index (χ3v) is 2.00. The first-order valence-electron chi connectivity index (χ1n) is 3.86. The van der Waals surface area contributed by atoms with Crippen molar-refractivity contribution in [2.24, 2.45) is 5.92 Å². The van der Waals surface area contributed by atoms with Gasteiger partial charge < -0.3 is 15.5 Å². The number of piperidine rings is 1. The van der Waals surface area contributed by atoms with Crippen LogP contribution in [0.2, 0.25) is 0 Å². The van der Waals surface area contributed by atoms with Gasteiger partial charge in [0, 0.05) is 6.42 Å². The van der Waals surface area contributed by atoms with E-state index in [0.29, 0.717) is 12.3 Å². The van der Waals surface area contributed by atoms with E-state index in [2.05, 4.69) is 5.32 Å². The lowest BCUT2D eigenvalue weighted by Crippen LogP contribution is -2.29. The first-order chi connectivity index (χ1) is 4.79. The Bertz CT molecular complexity index is 89.6. The van der Waals surface area contributed by atoms with Gasteiger partial charge in [0.15, 0.2) is 6.29 Å². The third kappa shape index (κ3) is 2.64. The molecule has 1 fully saturated rings. The molecule has 10 heavy (non-hydrogen) atoms. The van der Waals surface area contributed by atoms with E-state index in [9.17, 15) is 0 Å². The molecule has 1 aliphatic rings. The van der Waals surface area contributed by atoms with Crippen molar-refractivity contribution in [2.45, 2.75) is 25.6 Å². The van der Waals surface area contributed by atoms with Crippen LogP contribution in [-0.4, -0.2) is 29.6 Å². The fourth-order valence-electron chi connectivity index (χ4n) is 1.42. The van der Waals surface area contributed by atoms with Crippen LogP contribution in [0.15, 0.2) is 0 Å². The van der Waals surface area contributed by atoms with E-state index in [1.54, 1.807) is 0 Å². The van der Waals surface area contributed by atoms with E-state index in [1.807, 2.05) is 0 Å². The summed E-state index contributed by atoms with van der Waals surface area (Å²) < 4.78 is 0. The summed E-state index contributed by atoms with van der Waals surface area (Å²) in [6.45, 7) is 2.05. The smallest absolute Gasteiger partial charge is 0.151 e. The first-order valence-corrected chi connectivity index (χ1v) is 3.86. The molecule has 0 radical (unpaired) electrons. The van der Waals surface area contributed by atoms with E-state index < -0.39 is 6.29 Å². The van der Waals surface area contributed by atoms with Gasteiger partial charge in [0.1, 0.15) is 0 Å². The summed E-state index contributed by atoms with van der Waals surface area (Å²) in [5.74, 6) is 0.515. The second-order valence-electron chi connectivity index (χ2n) is 2.91. The van der Waals surface area contributed by atoms with Gasteiger partial charge in [-0.1, -0.05) is 0 Å².